The number of H-pyrrole nitrogens is 1. The summed E-state index contributed by atoms with van der Waals surface area (Å²) in [6, 6.07) is 17.7. The molecule has 0 bridgehead atoms. The van der Waals surface area contributed by atoms with E-state index in [1.165, 1.54) is 0 Å². The Labute approximate surface area is 179 Å². The van der Waals surface area contributed by atoms with Crippen molar-refractivity contribution < 1.29 is 4.74 Å². The van der Waals surface area contributed by atoms with Crippen LogP contribution in [0.3, 0.4) is 0 Å². The van der Waals surface area contributed by atoms with Crippen LogP contribution in [-0.2, 0) is 11.3 Å². The molecule has 8 nitrogen and oxygen atoms in total. The predicted octanol–water partition coefficient (Wildman–Crippen LogP) is 2.29. The van der Waals surface area contributed by atoms with E-state index in [1.807, 2.05) is 55.5 Å². The van der Waals surface area contributed by atoms with Gasteiger partial charge in [-0.25, -0.2) is 4.68 Å². The fourth-order valence-corrected chi connectivity index (χ4v) is 4.16. The number of aromatic nitrogens is 5. The van der Waals surface area contributed by atoms with Crippen LogP contribution in [0.2, 0.25) is 0 Å². The van der Waals surface area contributed by atoms with Crippen molar-refractivity contribution in [2.75, 3.05) is 26.3 Å². The van der Waals surface area contributed by atoms with Crippen molar-refractivity contribution >= 4 is 10.9 Å². The Morgan fingerprint density at radius 1 is 1.10 bits per heavy atom. The van der Waals surface area contributed by atoms with Crippen LogP contribution in [0.25, 0.3) is 10.9 Å². The highest BCUT2D eigenvalue weighted by atomic mass is 16.5. The molecule has 2 aromatic heterocycles. The molecule has 8 heteroatoms. The van der Waals surface area contributed by atoms with Gasteiger partial charge in [-0.1, -0.05) is 42.0 Å². The molecule has 1 unspecified atom stereocenters. The molecule has 1 atom stereocenters. The maximum Gasteiger partial charge on any atom is 0.253 e. The third kappa shape index (κ3) is 3.99. The summed E-state index contributed by atoms with van der Waals surface area (Å²) >= 11 is 0. The van der Waals surface area contributed by atoms with Gasteiger partial charge in [0.05, 0.1) is 19.8 Å². The van der Waals surface area contributed by atoms with E-state index in [0.29, 0.717) is 44.2 Å². The van der Waals surface area contributed by atoms with Gasteiger partial charge in [-0.15, -0.1) is 5.10 Å². The number of rotatable bonds is 5. The Morgan fingerprint density at radius 2 is 1.90 bits per heavy atom. The number of benzene rings is 2. The van der Waals surface area contributed by atoms with Crippen LogP contribution < -0.4 is 5.56 Å². The first kappa shape index (κ1) is 19.6. The molecule has 1 saturated heterocycles. The lowest BCUT2D eigenvalue weighted by Crippen LogP contribution is -2.42. The van der Waals surface area contributed by atoms with Gasteiger partial charge in [0, 0.05) is 24.2 Å². The topological polar surface area (TPSA) is 88.9 Å². The molecule has 5 rings (SSSR count). The van der Waals surface area contributed by atoms with Gasteiger partial charge < -0.3 is 9.72 Å². The van der Waals surface area contributed by atoms with Crippen molar-refractivity contribution in [3.8, 4) is 0 Å². The largest absolute Gasteiger partial charge is 0.379 e. The summed E-state index contributed by atoms with van der Waals surface area (Å²) in [5.74, 6) is 0.656. The van der Waals surface area contributed by atoms with Gasteiger partial charge >= 0.3 is 0 Å². The molecular formula is C23H24N6O2. The van der Waals surface area contributed by atoms with Gasteiger partial charge in [0.15, 0.2) is 5.82 Å². The third-order valence-corrected chi connectivity index (χ3v) is 5.71. The highest BCUT2D eigenvalue weighted by Gasteiger charge is 2.31. The lowest BCUT2D eigenvalue weighted by atomic mass is 10.0. The van der Waals surface area contributed by atoms with Crippen molar-refractivity contribution in [3.05, 3.63) is 87.5 Å². The average molecular weight is 416 g/mol. The zero-order valence-electron chi connectivity index (χ0n) is 17.4. The summed E-state index contributed by atoms with van der Waals surface area (Å²) in [5.41, 5.74) is 3.58. The lowest BCUT2D eigenvalue weighted by Gasteiger charge is -2.33. The summed E-state index contributed by atoms with van der Waals surface area (Å²) in [6.07, 6.45) is 0. The van der Waals surface area contributed by atoms with E-state index < -0.39 is 0 Å². The number of aryl methyl sites for hydroxylation is 1. The number of nitrogens with one attached hydrogen (secondary N) is 1. The second kappa shape index (κ2) is 8.41. The van der Waals surface area contributed by atoms with Crippen molar-refractivity contribution in [1.82, 2.24) is 30.1 Å². The number of hydrogen-bond acceptors (Lipinski definition) is 6. The summed E-state index contributed by atoms with van der Waals surface area (Å²) in [6.45, 7) is 5.21. The summed E-state index contributed by atoms with van der Waals surface area (Å²) in [4.78, 5) is 18.4. The molecule has 4 aromatic rings. The number of pyridine rings is 1. The summed E-state index contributed by atoms with van der Waals surface area (Å²) < 4.78 is 7.35. The maximum absolute atomic E-state index is 13.2. The molecule has 1 aliphatic rings. The van der Waals surface area contributed by atoms with Gasteiger partial charge in [-0.3, -0.25) is 9.69 Å². The van der Waals surface area contributed by atoms with Gasteiger partial charge in [0.1, 0.15) is 6.04 Å². The molecule has 0 spiro atoms. The first-order valence-electron chi connectivity index (χ1n) is 10.4. The molecule has 158 valence electrons. The van der Waals surface area contributed by atoms with E-state index >= 15 is 0 Å². The molecule has 0 radical (unpaired) electrons. The normalized spacial score (nSPS) is 15.9. The summed E-state index contributed by atoms with van der Waals surface area (Å²) in [7, 11) is 0. The smallest absolute Gasteiger partial charge is 0.253 e. The lowest BCUT2D eigenvalue weighted by molar-refractivity contribution is 0.0214. The van der Waals surface area contributed by atoms with Crippen LogP contribution in [0, 0.1) is 6.92 Å². The van der Waals surface area contributed by atoms with Crippen molar-refractivity contribution in [1.29, 1.82) is 0 Å². The van der Waals surface area contributed by atoms with Crippen LogP contribution in [-0.4, -0.2) is 56.4 Å². The van der Waals surface area contributed by atoms with Crippen molar-refractivity contribution in [2.24, 2.45) is 0 Å². The predicted molar refractivity (Wildman–Crippen MR) is 117 cm³/mol. The van der Waals surface area contributed by atoms with Gasteiger partial charge in [0.25, 0.3) is 5.56 Å². The molecule has 0 saturated carbocycles. The van der Waals surface area contributed by atoms with Gasteiger partial charge in [-0.2, -0.15) is 0 Å². The minimum absolute atomic E-state index is 0.123. The zero-order valence-corrected chi connectivity index (χ0v) is 17.4. The van der Waals surface area contributed by atoms with Crippen LogP contribution in [0.15, 0.2) is 59.4 Å². The Bertz CT molecular complexity index is 1240. The molecule has 0 amide bonds. The third-order valence-electron chi connectivity index (χ3n) is 5.71. The van der Waals surface area contributed by atoms with Gasteiger partial charge in [-0.05, 0) is 46.5 Å². The second-order valence-corrected chi connectivity index (χ2v) is 7.88. The standard InChI is InChI=1S/C23H24N6O2/c1-16-7-8-20-18(13-16)14-19(23(30)24-20)21(28-9-11-31-12-10-28)22-25-26-27-29(22)15-17-5-3-2-4-6-17/h2-8,13-14,21H,9-12,15H2,1H3,(H,24,30). The fourth-order valence-electron chi connectivity index (χ4n) is 4.16. The van der Waals surface area contributed by atoms with Crippen LogP contribution in [0.4, 0.5) is 0 Å². The molecule has 3 heterocycles. The quantitative estimate of drug-likeness (QED) is 0.537. The number of nitrogens with zero attached hydrogens (tertiary/aromatic N) is 5. The molecule has 1 fully saturated rings. The first-order valence-corrected chi connectivity index (χ1v) is 10.4. The van der Waals surface area contributed by atoms with E-state index in [0.717, 1.165) is 22.0 Å². The average Bonchev–Trinajstić information content (AvgIpc) is 3.24. The van der Waals surface area contributed by atoms with E-state index in [-0.39, 0.29) is 11.6 Å². The highest BCUT2D eigenvalue weighted by Crippen LogP contribution is 2.28. The molecule has 0 aliphatic carbocycles. The number of tetrazole rings is 1. The minimum Gasteiger partial charge on any atom is -0.379 e. The second-order valence-electron chi connectivity index (χ2n) is 7.88. The van der Waals surface area contributed by atoms with E-state index in [4.69, 9.17) is 4.74 Å². The SMILES string of the molecule is Cc1ccc2[nH]c(=O)c(C(c3nnnn3Cc3ccccc3)N3CCOCC3)cc2c1. The number of fused-ring (bicyclic) bond motifs is 1. The first-order chi connectivity index (χ1) is 15.2. The molecule has 2 aromatic carbocycles. The maximum atomic E-state index is 13.2. The van der Waals surface area contributed by atoms with E-state index in [1.54, 1.807) is 4.68 Å². The highest BCUT2D eigenvalue weighted by molar-refractivity contribution is 5.79. The molecular weight excluding hydrogens is 392 g/mol. The Hall–Kier alpha value is -3.36. The van der Waals surface area contributed by atoms with Crippen LogP contribution >= 0.6 is 0 Å². The Morgan fingerprint density at radius 3 is 2.71 bits per heavy atom. The fraction of sp³-hybridized carbons (Fsp3) is 0.304. The number of morpholine rings is 1. The Kier molecular flexibility index (Phi) is 5.31. The number of aromatic amines is 1. The molecule has 1 N–H and O–H groups in total. The number of ether oxygens (including phenoxy) is 1. The van der Waals surface area contributed by atoms with E-state index in [2.05, 4.69) is 31.5 Å². The van der Waals surface area contributed by atoms with Gasteiger partial charge in [0.2, 0.25) is 0 Å². The van der Waals surface area contributed by atoms with E-state index in [9.17, 15) is 4.79 Å². The minimum atomic E-state index is -0.365. The van der Waals surface area contributed by atoms with Crippen LogP contribution in [0.1, 0.15) is 28.6 Å². The van der Waals surface area contributed by atoms with Crippen molar-refractivity contribution in [3.63, 3.8) is 0 Å². The number of hydrogen-bond donors (Lipinski definition) is 1. The van der Waals surface area contributed by atoms with Crippen molar-refractivity contribution in [2.45, 2.75) is 19.5 Å². The summed E-state index contributed by atoms with van der Waals surface area (Å²) in [5, 5.41) is 13.6. The molecule has 1 aliphatic heterocycles. The zero-order chi connectivity index (χ0) is 21.2. The van der Waals surface area contributed by atoms with Crippen LogP contribution in [0.5, 0.6) is 0 Å². The molecule has 31 heavy (non-hydrogen) atoms. The Balaban J connectivity index is 1.63. The monoisotopic (exact) mass is 416 g/mol.